The summed E-state index contributed by atoms with van der Waals surface area (Å²) >= 11 is 0. The Hall–Kier alpha value is -1.51. The van der Waals surface area contributed by atoms with Gasteiger partial charge in [0.05, 0.1) is 5.41 Å². The van der Waals surface area contributed by atoms with Crippen LogP contribution in [0.25, 0.3) is 0 Å². The van der Waals surface area contributed by atoms with Gasteiger partial charge >= 0.3 is 5.97 Å². The zero-order valence-electron chi connectivity index (χ0n) is 12.0. The average molecular weight is 274 g/mol. The van der Waals surface area contributed by atoms with E-state index in [-0.39, 0.29) is 6.10 Å². The van der Waals surface area contributed by atoms with E-state index in [0.29, 0.717) is 12.3 Å². The minimum atomic E-state index is -0.636. The lowest BCUT2D eigenvalue weighted by atomic mass is 9.67. The highest BCUT2D eigenvalue weighted by atomic mass is 16.5. The Balaban J connectivity index is 1.74. The quantitative estimate of drug-likeness (QED) is 0.915. The van der Waals surface area contributed by atoms with E-state index in [4.69, 9.17) is 4.74 Å². The maximum Gasteiger partial charge on any atom is 0.309 e. The van der Waals surface area contributed by atoms with Gasteiger partial charge in [0.25, 0.3) is 0 Å². The molecule has 3 heteroatoms. The van der Waals surface area contributed by atoms with E-state index in [1.165, 1.54) is 5.56 Å². The van der Waals surface area contributed by atoms with Crippen molar-refractivity contribution in [3.63, 3.8) is 0 Å². The van der Waals surface area contributed by atoms with Crippen molar-refractivity contribution in [2.24, 2.45) is 11.3 Å². The second-order valence-electron chi connectivity index (χ2n) is 6.54. The Bertz CT molecular complexity index is 486. The van der Waals surface area contributed by atoms with Crippen LogP contribution in [0.4, 0.5) is 0 Å². The van der Waals surface area contributed by atoms with Crippen molar-refractivity contribution >= 4 is 5.97 Å². The number of hydrogen-bond acceptors (Lipinski definition) is 2. The fraction of sp³-hybridized carbons (Fsp3) is 0.588. The standard InChI is InChI=1S/C17H22O3/c1-12-5-4-8-17(10-12,16(18)19)11-14-9-13-6-2-3-7-15(13)20-14/h2-3,6-7,12,14H,4-5,8-11H2,1H3,(H,18,19). The molecule has 1 heterocycles. The van der Waals surface area contributed by atoms with Crippen LogP contribution in [0.15, 0.2) is 24.3 Å². The molecule has 2 aliphatic rings. The predicted octanol–water partition coefficient (Wildman–Crippen LogP) is 3.66. The summed E-state index contributed by atoms with van der Waals surface area (Å²) in [6, 6.07) is 8.04. The fourth-order valence-corrected chi connectivity index (χ4v) is 3.93. The predicted molar refractivity (Wildman–Crippen MR) is 76.9 cm³/mol. The number of carboxylic acids is 1. The number of fused-ring (bicyclic) bond motifs is 1. The van der Waals surface area contributed by atoms with Crippen LogP contribution in [0.3, 0.4) is 0 Å². The molecule has 0 amide bonds. The van der Waals surface area contributed by atoms with Crippen LogP contribution in [0.1, 0.15) is 44.6 Å². The lowest BCUT2D eigenvalue weighted by Gasteiger charge is -2.37. The van der Waals surface area contributed by atoms with Gasteiger partial charge in [-0.05, 0) is 30.4 Å². The lowest BCUT2D eigenvalue weighted by Crippen LogP contribution is -2.40. The van der Waals surface area contributed by atoms with Gasteiger partial charge in [-0.2, -0.15) is 0 Å². The SMILES string of the molecule is CC1CCCC(CC2Cc3ccccc3O2)(C(=O)O)C1. The molecule has 108 valence electrons. The summed E-state index contributed by atoms with van der Waals surface area (Å²) in [5.74, 6) is 0.800. The molecule has 0 radical (unpaired) electrons. The fourth-order valence-electron chi connectivity index (χ4n) is 3.93. The molecule has 20 heavy (non-hydrogen) atoms. The number of ether oxygens (including phenoxy) is 1. The van der Waals surface area contributed by atoms with Crippen LogP contribution in [0, 0.1) is 11.3 Å². The molecule has 0 aromatic heterocycles. The molecule has 1 N–H and O–H groups in total. The maximum absolute atomic E-state index is 11.8. The molecule has 1 aliphatic heterocycles. The van der Waals surface area contributed by atoms with Gasteiger partial charge in [0, 0.05) is 12.8 Å². The first kappa shape index (κ1) is 13.5. The molecular formula is C17H22O3. The van der Waals surface area contributed by atoms with Crippen LogP contribution in [-0.4, -0.2) is 17.2 Å². The van der Waals surface area contributed by atoms with Gasteiger partial charge in [-0.25, -0.2) is 0 Å². The van der Waals surface area contributed by atoms with Gasteiger partial charge in [0.1, 0.15) is 11.9 Å². The van der Waals surface area contributed by atoms with Gasteiger partial charge < -0.3 is 9.84 Å². The van der Waals surface area contributed by atoms with Crippen molar-refractivity contribution in [3.8, 4) is 5.75 Å². The Morgan fingerprint density at radius 1 is 1.45 bits per heavy atom. The van der Waals surface area contributed by atoms with Gasteiger partial charge in [0.15, 0.2) is 0 Å². The third kappa shape index (κ3) is 2.41. The van der Waals surface area contributed by atoms with Gasteiger partial charge in [-0.15, -0.1) is 0 Å². The smallest absolute Gasteiger partial charge is 0.309 e. The number of para-hydroxylation sites is 1. The Labute approximate surface area is 120 Å². The van der Waals surface area contributed by atoms with Crippen LogP contribution >= 0.6 is 0 Å². The molecule has 1 aromatic carbocycles. The summed E-state index contributed by atoms with van der Waals surface area (Å²) in [7, 11) is 0. The van der Waals surface area contributed by atoms with E-state index in [0.717, 1.165) is 37.9 Å². The minimum absolute atomic E-state index is 0.0220. The average Bonchev–Trinajstić information content (AvgIpc) is 2.80. The molecule has 3 atom stereocenters. The first-order valence-corrected chi connectivity index (χ1v) is 7.57. The van der Waals surface area contributed by atoms with E-state index < -0.39 is 11.4 Å². The number of benzene rings is 1. The van der Waals surface area contributed by atoms with Gasteiger partial charge in [0.2, 0.25) is 0 Å². The third-order valence-corrected chi connectivity index (χ3v) is 4.88. The molecule has 3 unspecified atom stereocenters. The first-order chi connectivity index (χ1) is 9.59. The summed E-state index contributed by atoms with van der Waals surface area (Å²) in [4.78, 5) is 11.8. The summed E-state index contributed by atoms with van der Waals surface area (Å²) in [5.41, 5.74) is 0.631. The normalized spacial score (nSPS) is 32.5. The molecule has 0 saturated heterocycles. The van der Waals surface area contributed by atoms with Crippen molar-refractivity contribution in [2.45, 2.75) is 51.6 Å². The minimum Gasteiger partial charge on any atom is -0.490 e. The number of rotatable bonds is 3. The summed E-state index contributed by atoms with van der Waals surface area (Å²) in [6.45, 7) is 2.17. The third-order valence-electron chi connectivity index (χ3n) is 4.88. The molecular weight excluding hydrogens is 252 g/mol. The van der Waals surface area contributed by atoms with E-state index >= 15 is 0 Å². The monoisotopic (exact) mass is 274 g/mol. The van der Waals surface area contributed by atoms with Crippen LogP contribution in [0.2, 0.25) is 0 Å². The summed E-state index contributed by atoms with van der Waals surface area (Å²) in [5, 5.41) is 9.73. The van der Waals surface area contributed by atoms with Crippen molar-refractivity contribution in [1.82, 2.24) is 0 Å². The molecule has 1 aliphatic carbocycles. The van der Waals surface area contributed by atoms with Crippen LogP contribution < -0.4 is 4.74 Å². The number of carbonyl (C=O) groups is 1. The Morgan fingerprint density at radius 3 is 2.95 bits per heavy atom. The first-order valence-electron chi connectivity index (χ1n) is 7.57. The number of aliphatic carboxylic acids is 1. The van der Waals surface area contributed by atoms with Crippen molar-refractivity contribution < 1.29 is 14.6 Å². The highest BCUT2D eigenvalue weighted by Gasteiger charge is 2.44. The molecule has 3 rings (SSSR count). The molecule has 1 saturated carbocycles. The topological polar surface area (TPSA) is 46.5 Å². The van der Waals surface area contributed by atoms with E-state index in [2.05, 4.69) is 13.0 Å². The van der Waals surface area contributed by atoms with Crippen molar-refractivity contribution in [1.29, 1.82) is 0 Å². The zero-order chi connectivity index (χ0) is 14.2. The van der Waals surface area contributed by atoms with Crippen molar-refractivity contribution in [3.05, 3.63) is 29.8 Å². The summed E-state index contributed by atoms with van der Waals surface area (Å²) in [6.07, 6.45) is 5.27. The van der Waals surface area contributed by atoms with Gasteiger partial charge in [-0.3, -0.25) is 4.79 Å². The second-order valence-corrected chi connectivity index (χ2v) is 6.54. The Morgan fingerprint density at radius 2 is 2.25 bits per heavy atom. The molecule has 0 bridgehead atoms. The molecule has 0 spiro atoms. The van der Waals surface area contributed by atoms with Crippen molar-refractivity contribution in [2.75, 3.05) is 0 Å². The molecule has 1 aromatic rings. The summed E-state index contributed by atoms with van der Waals surface area (Å²) < 4.78 is 5.96. The van der Waals surface area contributed by atoms with Crippen LogP contribution in [-0.2, 0) is 11.2 Å². The van der Waals surface area contributed by atoms with E-state index in [1.807, 2.05) is 18.2 Å². The molecule has 1 fully saturated rings. The number of hydrogen-bond donors (Lipinski definition) is 1. The number of carboxylic acid groups (broad SMARTS) is 1. The van der Waals surface area contributed by atoms with E-state index in [1.54, 1.807) is 0 Å². The van der Waals surface area contributed by atoms with E-state index in [9.17, 15) is 9.90 Å². The largest absolute Gasteiger partial charge is 0.490 e. The highest BCUT2D eigenvalue weighted by molar-refractivity contribution is 5.75. The Kier molecular flexibility index (Phi) is 3.45. The molecule has 3 nitrogen and oxygen atoms in total. The van der Waals surface area contributed by atoms with Gasteiger partial charge in [-0.1, -0.05) is 38.0 Å². The maximum atomic E-state index is 11.8. The lowest BCUT2D eigenvalue weighted by molar-refractivity contribution is -0.154. The van der Waals surface area contributed by atoms with Crippen LogP contribution in [0.5, 0.6) is 5.75 Å². The zero-order valence-corrected chi connectivity index (χ0v) is 12.0. The second kappa shape index (κ2) is 5.12. The highest BCUT2D eigenvalue weighted by Crippen LogP contribution is 2.45.